The van der Waals surface area contributed by atoms with Crippen molar-refractivity contribution in [3.8, 4) is 5.75 Å². The Morgan fingerprint density at radius 2 is 2.17 bits per heavy atom. The predicted molar refractivity (Wildman–Crippen MR) is 115 cm³/mol. The summed E-state index contributed by atoms with van der Waals surface area (Å²) in [4.78, 5) is 16.7. The van der Waals surface area contributed by atoms with Crippen molar-refractivity contribution in [2.75, 3.05) is 39.1 Å². The molecular formula is C24H28FN3O2. The topological polar surface area (TPSA) is 44.8 Å². The highest BCUT2D eigenvalue weighted by Gasteiger charge is 2.33. The van der Waals surface area contributed by atoms with Crippen LogP contribution in [0.15, 0.2) is 30.3 Å². The number of nitrogens with zero attached hydrogens (tertiary/aromatic N) is 2. The number of amides is 1. The van der Waals surface area contributed by atoms with Crippen molar-refractivity contribution in [1.82, 2.24) is 9.80 Å². The van der Waals surface area contributed by atoms with Crippen LogP contribution >= 0.6 is 0 Å². The van der Waals surface area contributed by atoms with Crippen molar-refractivity contribution in [2.24, 2.45) is 0 Å². The predicted octanol–water partition coefficient (Wildman–Crippen LogP) is 3.64. The Balaban J connectivity index is 1.21. The Morgan fingerprint density at radius 1 is 1.30 bits per heavy atom. The zero-order chi connectivity index (χ0) is 20.8. The number of fused-ring (bicyclic) bond motifs is 4. The second-order valence-corrected chi connectivity index (χ2v) is 8.84. The summed E-state index contributed by atoms with van der Waals surface area (Å²) in [6.45, 7) is 3.16. The maximum atomic E-state index is 13.6. The van der Waals surface area contributed by atoms with Gasteiger partial charge in [-0.15, -0.1) is 0 Å². The first kappa shape index (κ1) is 19.4. The molecule has 30 heavy (non-hydrogen) atoms. The van der Waals surface area contributed by atoms with Crippen molar-refractivity contribution in [1.29, 1.82) is 0 Å². The summed E-state index contributed by atoms with van der Waals surface area (Å²) >= 11 is 0. The number of anilines is 1. The van der Waals surface area contributed by atoms with Gasteiger partial charge in [0.1, 0.15) is 18.2 Å². The van der Waals surface area contributed by atoms with Crippen LogP contribution in [0.2, 0.25) is 0 Å². The number of hydrogen-bond acceptors (Lipinski definition) is 4. The van der Waals surface area contributed by atoms with Gasteiger partial charge in [-0.3, -0.25) is 9.69 Å². The SMILES string of the molecule is CN1Cc2ccc3c(c2C1=O)CC(N(C)CCCC1CNc2ccc(F)cc21)CO3. The van der Waals surface area contributed by atoms with Gasteiger partial charge in [-0.2, -0.15) is 0 Å². The van der Waals surface area contributed by atoms with Crippen molar-refractivity contribution in [3.63, 3.8) is 0 Å². The highest BCUT2D eigenvalue weighted by atomic mass is 19.1. The van der Waals surface area contributed by atoms with Gasteiger partial charge in [0, 0.05) is 43.3 Å². The zero-order valence-electron chi connectivity index (χ0n) is 17.6. The fraction of sp³-hybridized carbons (Fsp3) is 0.458. The van der Waals surface area contributed by atoms with E-state index >= 15 is 0 Å². The lowest BCUT2D eigenvalue weighted by Gasteiger charge is -2.33. The molecule has 2 aromatic carbocycles. The molecule has 0 aromatic heterocycles. The molecule has 5 nitrogen and oxygen atoms in total. The van der Waals surface area contributed by atoms with E-state index in [0.717, 1.165) is 66.0 Å². The molecule has 2 unspecified atom stereocenters. The first-order valence-corrected chi connectivity index (χ1v) is 10.8. The Labute approximate surface area is 176 Å². The summed E-state index contributed by atoms with van der Waals surface area (Å²) < 4.78 is 19.7. The third-order valence-electron chi connectivity index (χ3n) is 6.87. The summed E-state index contributed by atoms with van der Waals surface area (Å²) in [5, 5.41) is 3.39. The Hall–Kier alpha value is -2.60. The minimum atomic E-state index is -0.162. The molecule has 1 N–H and O–H groups in total. The van der Waals surface area contributed by atoms with E-state index in [1.807, 2.05) is 25.2 Å². The lowest BCUT2D eigenvalue weighted by Crippen LogP contribution is -2.41. The number of ether oxygens (including phenoxy) is 1. The molecule has 0 spiro atoms. The molecule has 158 valence electrons. The summed E-state index contributed by atoms with van der Waals surface area (Å²) in [7, 11) is 3.99. The molecule has 0 saturated carbocycles. The zero-order valence-corrected chi connectivity index (χ0v) is 17.6. The van der Waals surface area contributed by atoms with Gasteiger partial charge in [0.05, 0.1) is 5.56 Å². The minimum absolute atomic E-state index is 0.105. The van der Waals surface area contributed by atoms with Crippen LogP contribution in [0, 0.1) is 5.82 Å². The fourth-order valence-corrected chi connectivity index (χ4v) is 5.10. The smallest absolute Gasteiger partial charge is 0.254 e. The number of carbonyl (C=O) groups is 1. The van der Waals surface area contributed by atoms with Crippen LogP contribution in [0.1, 0.15) is 45.8 Å². The number of halogens is 1. The first-order valence-electron chi connectivity index (χ1n) is 10.8. The quantitative estimate of drug-likeness (QED) is 0.819. The Bertz CT molecular complexity index is 993. The van der Waals surface area contributed by atoms with E-state index in [4.69, 9.17) is 4.74 Å². The molecule has 2 atom stereocenters. The standard InChI is InChI=1S/C24H28FN3O2/c1-27(9-3-4-15-12-26-21-7-6-17(25)10-19(15)21)18-11-20-22(30-14-18)8-5-16-13-28(2)24(29)23(16)20/h5-8,10,15,18,26H,3-4,9,11-14H2,1-2H3. The van der Waals surface area contributed by atoms with Crippen molar-refractivity contribution in [3.05, 3.63) is 58.4 Å². The van der Waals surface area contributed by atoms with Gasteiger partial charge in [-0.05, 0) is 68.2 Å². The van der Waals surface area contributed by atoms with Crippen LogP contribution in [-0.4, -0.2) is 55.5 Å². The van der Waals surface area contributed by atoms with E-state index in [1.165, 1.54) is 6.07 Å². The summed E-state index contributed by atoms with van der Waals surface area (Å²) in [6, 6.07) is 9.32. The average molecular weight is 410 g/mol. The van der Waals surface area contributed by atoms with E-state index in [9.17, 15) is 9.18 Å². The lowest BCUT2D eigenvalue weighted by molar-refractivity contribution is 0.0812. The van der Waals surface area contributed by atoms with Crippen LogP contribution in [0.4, 0.5) is 10.1 Å². The molecule has 5 rings (SSSR count). The van der Waals surface area contributed by atoms with Gasteiger partial charge in [-0.1, -0.05) is 6.07 Å². The third kappa shape index (κ3) is 3.33. The second kappa shape index (κ2) is 7.58. The van der Waals surface area contributed by atoms with Crippen LogP contribution in [-0.2, 0) is 13.0 Å². The van der Waals surface area contributed by atoms with Gasteiger partial charge < -0.3 is 15.0 Å². The van der Waals surface area contributed by atoms with E-state index < -0.39 is 0 Å². The molecule has 3 aliphatic heterocycles. The highest BCUT2D eigenvalue weighted by Crippen LogP contribution is 2.37. The molecule has 3 aliphatic rings. The third-order valence-corrected chi connectivity index (χ3v) is 6.87. The highest BCUT2D eigenvalue weighted by molar-refractivity contribution is 6.00. The number of rotatable bonds is 5. The molecule has 0 saturated heterocycles. The second-order valence-electron chi connectivity index (χ2n) is 8.84. The molecule has 2 aromatic rings. The number of carbonyl (C=O) groups excluding carboxylic acids is 1. The average Bonchev–Trinajstić information content (AvgIpc) is 3.27. The maximum absolute atomic E-state index is 13.6. The van der Waals surface area contributed by atoms with Gasteiger partial charge in [-0.25, -0.2) is 4.39 Å². The van der Waals surface area contributed by atoms with Gasteiger partial charge >= 0.3 is 0 Å². The first-order chi connectivity index (χ1) is 14.5. The van der Waals surface area contributed by atoms with Gasteiger partial charge in [0.2, 0.25) is 0 Å². The van der Waals surface area contributed by atoms with Gasteiger partial charge in [0.15, 0.2) is 0 Å². The maximum Gasteiger partial charge on any atom is 0.254 e. The van der Waals surface area contributed by atoms with Crippen molar-refractivity contribution >= 4 is 11.6 Å². The normalized spacial score (nSPS) is 21.9. The number of benzene rings is 2. The number of hydrogen-bond donors (Lipinski definition) is 1. The summed E-state index contributed by atoms with van der Waals surface area (Å²) in [6.07, 6.45) is 2.90. The fourth-order valence-electron chi connectivity index (χ4n) is 5.10. The molecule has 0 radical (unpaired) electrons. The molecule has 3 heterocycles. The van der Waals surface area contributed by atoms with E-state index in [2.05, 4.69) is 17.3 Å². The largest absolute Gasteiger partial charge is 0.492 e. The van der Waals surface area contributed by atoms with E-state index in [1.54, 1.807) is 11.0 Å². The summed E-state index contributed by atoms with van der Waals surface area (Å²) in [5.41, 5.74) is 5.19. The number of nitrogens with one attached hydrogen (secondary N) is 1. The van der Waals surface area contributed by atoms with E-state index in [-0.39, 0.29) is 17.8 Å². The molecule has 0 aliphatic carbocycles. The minimum Gasteiger partial charge on any atom is -0.492 e. The molecular weight excluding hydrogens is 381 g/mol. The monoisotopic (exact) mass is 409 g/mol. The molecule has 0 fully saturated rings. The Morgan fingerprint density at radius 3 is 3.03 bits per heavy atom. The molecule has 1 amide bonds. The number of likely N-dealkylation sites (N-methyl/N-ethyl adjacent to an activating group) is 1. The van der Waals surface area contributed by atoms with Gasteiger partial charge in [0.25, 0.3) is 5.91 Å². The molecule has 0 bridgehead atoms. The van der Waals surface area contributed by atoms with E-state index in [0.29, 0.717) is 19.1 Å². The van der Waals surface area contributed by atoms with Crippen LogP contribution in [0.5, 0.6) is 5.75 Å². The molecule has 6 heteroatoms. The van der Waals surface area contributed by atoms with Crippen LogP contribution in [0.3, 0.4) is 0 Å². The van der Waals surface area contributed by atoms with Crippen molar-refractivity contribution in [2.45, 2.75) is 37.8 Å². The Kier molecular flexibility index (Phi) is 4.89. The van der Waals surface area contributed by atoms with Crippen LogP contribution < -0.4 is 10.1 Å². The summed E-state index contributed by atoms with van der Waals surface area (Å²) in [5.74, 6) is 1.17. The van der Waals surface area contributed by atoms with Crippen LogP contribution in [0.25, 0.3) is 0 Å². The lowest BCUT2D eigenvalue weighted by atomic mass is 9.93. The van der Waals surface area contributed by atoms with Crippen molar-refractivity contribution < 1.29 is 13.9 Å².